The Labute approximate surface area is 107 Å². The Morgan fingerprint density at radius 3 is 2.61 bits per heavy atom. The Kier molecular flexibility index (Phi) is 4.95. The van der Waals surface area contributed by atoms with Crippen LogP contribution < -0.4 is 5.73 Å². The highest BCUT2D eigenvalue weighted by Gasteiger charge is 2.32. The number of amides is 2. The number of ether oxygens (including phenoxy) is 2. The number of nitrogens with two attached hydrogens (primary N) is 1. The third-order valence-corrected chi connectivity index (χ3v) is 2.56. The molecule has 0 aromatic rings. The molecule has 1 rings (SSSR count). The van der Waals surface area contributed by atoms with Gasteiger partial charge in [0.2, 0.25) is 5.91 Å². The summed E-state index contributed by atoms with van der Waals surface area (Å²) in [6.45, 7) is 6.37. The van der Waals surface area contributed by atoms with Crippen LogP contribution in [0.5, 0.6) is 0 Å². The van der Waals surface area contributed by atoms with Gasteiger partial charge in [0.25, 0.3) is 0 Å². The lowest BCUT2D eigenvalue weighted by molar-refractivity contribution is -0.122. The van der Waals surface area contributed by atoms with E-state index in [1.54, 1.807) is 4.90 Å². The van der Waals surface area contributed by atoms with Crippen LogP contribution in [0.3, 0.4) is 0 Å². The van der Waals surface area contributed by atoms with Gasteiger partial charge in [0, 0.05) is 6.54 Å². The van der Waals surface area contributed by atoms with Gasteiger partial charge in [-0.25, -0.2) is 4.79 Å². The molecule has 18 heavy (non-hydrogen) atoms. The van der Waals surface area contributed by atoms with Crippen molar-refractivity contribution in [2.75, 3.05) is 19.8 Å². The number of nitrogens with zero attached hydrogens (tertiary/aromatic N) is 1. The summed E-state index contributed by atoms with van der Waals surface area (Å²) in [5.74, 6) is -0.503. The largest absolute Gasteiger partial charge is 0.444 e. The Hall–Kier alpha value is -1.30. The van der Waals surface area contributed by atoms with Crippen molar-refractivity contribution in [1.29, 1.82) is 0 Å². The fourth-order valence-corrected chi connectivity index (χ4v) is 1.87. The molecule has 1 aliphatic heterocycles. The molecule has 0 aromatic heterocycles. The number of rotatable bonds is 4. The molecule has 1 atom stereocenters. The zero-order valence-corrected chi connectivity index (χ0v) is 11.3. The number of hydrogen-bond donors (Lipinski definition) is 1. The van der Waals surface area contributed by atoms with Gasteiger partial charge in [-0.05, 0) is 33.6 Å². The van der Waals surface area contributed by atoms with Crippen molar-refractivity contribution in [3.63, 3.8) is 0 Å². The van der Waals surface area contributed by atoms with E-state index in [-0.39, 0.29) is 18.7 Å². The van der Waals surface area contributed by atoms with Crippen LogP contribution in [0.25, 0.3) is 0 Å². The Balaban J connectivity index is 2.43. The van der Waals surface area contributed by atoms with Crippen LogP contribution in [-0.2, 0) is 14.3 Å². The van der Waals surface area contributed by atoms with E-state index < -0.39 is 11.5 Å². The van der Waals surface area contributed by atoms with Gasteiger partial charge in [-0.15, -0.1) is 0 Å². The van der Waals surface area contributed by atoms with E-state index in [9.17, 15) is 9.59 Å². The monoisotopic (exact) mass is 258 g/mol. The van der Waals surface area contributed by atoms with E-state index in [0.29, 0.717) is 13.2 Å². The Morgan fingerprint density at radius 1 is 1.39 bits per heavy atom. The summed E-state index contributed by atoms with van der Waals surface area (Å²) in [6, 6.07) is -0.0285. The zero-order valence-electron chi connectivity index (χ0n) is 11.3. The fraction of sp³-hybridized carbons (Fsp3) is 0.833. The Bertz CT molecular complexity index is 312. The SMILES string of the molecule is CC(C)(C)OC(=O)N1CCCC1COCC(N)=O. The molecule has 0 spiro atoms. The molecule has 0 aromatic carbocycles. The third-order valence-electron chi connectivity index (χ3n) is 2.56. The van der Waals surface area contributed by atoms with Crippen molar-refractivity contribution in [3.8, 4) is 0 Å². The summed E-state index contributed by atoms with van der Waals surface area (Å²) in [4.78, 5) is 24.2. The van der Waals surface area contributed by atoms with Crippen LogP contribution in [0.1, 0.15) is 33.6 Å². The predicted molar refractivity (Wildman–Crippen MR) is 66.0 cm³/mol. The maximum Gasteiger partial charge on any atom is 0.410 e. The van der Waals surface area contributed by atoms with Crippen LogP contribution >= 0.6 is 0 Å². The number of likely N-dealkylation sites (tertiary alicyclic amines) is 1. The van der Waals surface area contributed by atoms with Crippen LogP contribution in [-0.4, -0.2) is 48.3 Å². The summed E-state index contributed by atoms with van der Waals surface area (Å²) in [5.41, 5.74) is 4.48. The second-order valence-corrected chi connectivity index (χ2v) is 5.45. The summed E-state index contributed by atoms with van der Waals surface area (Å²) in [5, 5.41) is 0. The highest BCUT2D eigenvalue weighted by Crippen LogP contribution is 2.20. The minimum Gasteiger partial charge on any atom is -0.444 e. The first-order valence-electron chi connectivity index (χ1n) is 6.15. The molecule has 0 radical (unpaired) electrons. The summed E-state index contributed by atoms with van der Waals surface area (Å²) < 4.78 is 10.5. The molecule has 104 valence electrons. The van der Waals surface area contributed by atoms with Crippen LogP contribution in [0.15, 0.2) is 0 Å². The molecule has 1 saturated heterocycles. The lowest BCUT2D eigenvalue weighted by Gasteiger charge is -2.28. The molecule has 2 N–H and O–H groups in total. The van der Waals surface area contributed by atoms with Crippen molar-refractivity contribution >= 4 is 12.0 Å². The smallest absolute Gasteiger partial charge is 0.410 e. The van der Waals surface area contributed by atoms with Gasteiger partial charge < -0.3 is 20.1 Å². The Morgan fingerprint density at radius 2 is 2.06 bits per heavy atom. The van der Waals surface area contributed by atoms with Gasteiger partial charge in [-0.1, -0.05) is 0 Å². The van der Waals surface area contributed by atoms with Crippen molar-refractivity contribution < 1.29 is 19.1 Å². The summed E-state index contributed by atoms with van der Waals surface area (Å²) in [6.07, 6.45) is 1.45. The van der Waals surface area contributed by atoms with Gasteiger partial charge in [0.05, 0.1) is 12.6 Å². The molecule has 6 nitrogen and oxygen atoms in total. The van der Waals surface area contributed by atoms with E-state index in [1.807, 2.05) is 20.8 Å². The van der Waals surface area contributed by atoms with E-state index in [4.69, 9.17) is 15.2 Å². The molecule has 1 aliphatic rings. The number of primary amides is 1. The number of hydrogen-bond acceptors (Lipinski definition) is 4. The standard InChI is InChI=1S/C12H22N2O4/c1-12(2,3)18-11(16)14-6-4-5-9(14)7-17-8-10(13)15/h9H,4-8H2,1-3H3,(H2,13,15). The van der Waals surface area contributed by atoms with Crippen molar-refractivity contribution in [2.45, 2.75) is 45.3 Å². The molecule has 0 aliphatic carbocycles. The number of carbonyl (C=O) groups is 2. The first-order chi connectivity index (χ1) is 8.29. The molecular formula is C12H22N2O4. The second-order valence-electron chi connectivity index (χ2n) is 5.45. The molecule has 0 saturated carbocycles. The van der Waals surface area contributed by atoms with Crippen LogP contribution in [0.2, 0.25) is 0 Å². The molecule has 0 bridgehead atoms. The maximum absolute atomic E-state index is 11.9. The fourth-order valence-electron chi connectivity index (χ4n) is 1.87. The van der Waals surface area contributed by atoms with E-state index in [0.717, 1.165) is 12.8 Å². The molecule has 1 fully saturated rings. The van der Waals surface area contributed by atoms with Crippen molar-refractivity contribution in [2.24, 2.45) is 5.73 Å². The van der Waals surface area contributed by atoms with E-state index in [2.05, 4.69) is 0 Å². The topological polar surface area (TPSA) is 81.9 Å². The molecular weight excluding hydrogens is 236 g/mol. The third kappa shape index (κ3) is 4.91. The first kappa shape index (κ1) is 14.8. The summed E-state index contributed by atoms with van der Waals surface area (Å²) >= 11 is 0. The quantitative estimate of drug-likeness (QED) is 0.811. The second kappa shape index (κ2) is 6.04. The van der Waals surface area contributed by atoms with Gasteiger partial charge >= 0.3 is 6.09 Å². The van der Waals surface area contributed by atoms with E-state index in [1.165, 1.54) is 0 Å². The van der Waals surface area contributed by atoms with E-state index >= 15 is 0 Å². The van der Waals surface area contributed by atoms with Gasteiger partial charge in [0.1, 0.15) is 12.2 Å². The first-order valence-corrected chi connectivity index (χ1v) is 6.15. The normalized spacial score (nSPS) is 19.9. The minimum atomic E-state index is -0.503. The minimum absolute atomic E-state index is 0.0285. The highest BCUT2D eigenvalue weighted by molar-refractivity contribution is 5.75. The molecule has 2 amide bonds. The summed E-state index contributed by atoms with van der Waals surface area (Å²) in [7, 11) is 0. The molecule has 6 heteroatoms. The van der Waals surface area contributed by atoms with Gasteiger partial charge in [-0.3, -0.25) is 4.79 Å². The highest BCUT2D eigenvalue weighted by atomic mass is 16.6. The molecule has 1 heterocycles. The average molecular weight is 258 g/mol. The lowest BCUT2D eigenvalue weighted by atomic mass is 10.2. The average Bonchev–Trinajstić information content (AvgIpc) is 2.62. The maximum atomic E-state index is 11.9. The van der Waals surface area contributed by atoms with Crippen LogP contribution in [0, 0.1) is 0 Å². The van der Waals surface area contributed by atoms with Gasteiger partial charge in [0.15, 0.2) is 0 Å². The van der Waals surface area contributed by atoms with Crippen molar-refractivity contribution in [1.82, 2.24) is 4.90 Å². The zero-order chi connectivity index (χ0) is 13.8. The lowest BCUT2D eigenvalue weighted by Crippen LogP contribution is -2.42. The number of carbonyl (C=O) groups excluding carboxylic acids is 2. The van der Waals surface area contributed by atoms with Crippen LogP contribution in [0.4, 0.5) is 4.79 Å². The molecule has 1 unspecified atom stereocenters. The van der Waals surface area contributed by atoms with Gasteiger partial charge in [-0.2, -0.15) is 0 Å². The van der Waals surface area contributed by atoms with Crippen molar-refractivity contribution in [3.05, 3.63) is 0 Å². The predicted octanol–water partition coefficient (Wildman–Crippen LogP) is 0.888.